The number of carbonyl (C=O) groups is 2. The molecule has 6 heteroatoms. The van der Waals surface area contributed by atoms with Crippen LogP contribution in [0.2, 0.25) is 0 Å². The van der Waals surface area contributed by atoms with Crippen molar-refractivity contribution in [3.63, 3.8) is 0 Å². The van der Waals surface area contributed by atoms with E-state index in [4.69, 9.17) is 4.42 Å². The molecule has 0 aliphatic carbocycles. The van der Waals surface area contributed by atoms with Crippen LogP contribution in [0.15, 0.2) is 51.7 Å². The lowest BCUT2D eigenvalue weighted by Gasteiger charge is -2.30. The van der Waals surface area contributed by atoms with Gasteiger partial charge in [-0.05, 0) is 48.1 Å². The topological polar surface area (TPSA) is 79.6 Å². The van der Waals surface area contributed by atoms with E-state index in [1.165, 1.54) is 0 Å². The first kappa shape index (κ1) is 18.0. The van der Waals surface area contributed by atoms with Gasteiger partial charge in [-0.25, -0.2) is 4.79 Å². The molecule has 142 valence electrons. The fourth-order valence-electron chi connectivity index (χ4n) is 3.71. The van der Waals surface area contributed by atoms with Crippen LogP contribution >= 0.6 is 0 Å². The Hall–Kier alpha value is -3.41. The molecule has 0 fully saturated rings. The second-order valence-corrected chi connectivity index (χ2v) is 7.17. The van der Waals surface area contributed by atoms with Crippen molar-refractivity contribution in [1.82, 2.24) is 0 Å². The summed E-state index contributed by atoms with van der Waals surface area (Å²) < 4.78 is 5.30. The molecule has 0 spiro atoms. The second kappa shape index (κ2) is 6.64. The molecule has 0 saturated carbocycles. The van der Waals surface area contributed by atoms with Gasteiger partial charge in [0.05, 0.1) is 5.39 Å². The normalized spacial score (nSPS) is 16.2. The molecule has 3 aromatic rings. The zero-order chi connectivity index (χ0) is 20.0. The standard InChI is InChI=1S/C22H20N2O4/c1-12-10-19(25)24(3)18-9-8-14(11-17(12)18)23-21(26)20-13(2)15-6-4-5-7-16(15)22(27)28-20/h4-9,11-12H,10H2,1-3H3,(H,23,26). The van der Waals surface area contributed by atoms with Crippen LogP contribution in [-0.4, -0.2) is 18.9 Å². The number of fused-ring (bicyclic) bond motifs is 2. The maximum atomic E-state index is 12.8. The summed E-state index contributed by atoms with van der Waals surface area (Å²) in [6, 6.07) is 12.5. The van der Waals surface area contributed by atoms with Gasteiger partial charge in [-0.3, -0.25) is 9.59 Å². The van der Waals surface area contributed by atoms with Crippen molar-refractivity contribution in [1.29, 1.82) is 0 Å². The zero-order valence-electron chi connectivity index (χ0n) is 15.9. The van der Waals surface area contributed by atoms with E-state index in [1.54, 1.807) is 43.1 Å². The smallest absolute Gasteiger partial charge is 0.344 e. The molecule has 28 heavy (non-hydrogen) atoms. The molecule has 0 bridgehead atoms. The number of benzene rings is 2. The van der Waals surface area contributed by atoms with E-state index < -0.39 is 11.5 Å². The third-order valence-electron chi connectivity index (χ3n) is 5.33. The molecular formula is C22H20N2O4. The van der Waals surface area contributed by atoms with E-state index in [9.17, 15) is 14.4 Å². The van der Waals surface area contributed by atoms with E-state index in [2.05, 4.69) is 5.32 Å². The predicted molar refractivity (Wildman–Crippen MR) is 108 cm³/mol. The summed E-state index contributed by atoms with van der Waals surface area (Å²) in [6.45, 7) is 3.75. The molecule has 2 heterocycles. The fourth-order valence-corrected chi connectivity index (χ4v) is 3.71. The number of amides is 2. The average molecular weight is 376 g/mol. The Morgan fingerprint density at radius 2 is 1.86 bits per heavy atom. The van der Waals surface area contributed by atoms with Crippen LogP contribution in [0.25, 0.3) is 10.8 Å². The highest BCUT2D eigenvalue weighted by molar-refractivity contribution is 6.06. The number of anilines is 2. The summed E-state index contributed by atoms with van der Waals surface area (Å²) >= 11 is 0. The first-order chi connectivity index (χ1) is 13.4. The predicted octanol–water partition coefficient (Wildman–Crippen LogP) is 3.82. The molecular weight excluding hydrogens is 356 g/mol. The maximum absolute atomic E-state index is 12.8. The monoisotopic (exact) mass is 376 g/mol. The van der Waals surface area contributed by atoms with Gasteiger partial charge in [0.2, 0.25) is 5.91 Å². The first-order valence-electron chi connectivity index (χ1n) is 9.11. The largest absolute Gasteiger partial charge is 0.417 e. The lowest BCUT2D eigenvalue weighted by atomic mass is 9.91. The molecule has 1 unspecified atom stereocenters. The molecule has 2 aromatic carbocycles. The van der Waals surface area contributed by atoms with Crippen molar-refractivity contribution < 1.29 is 14.0 Å². The van der Waals surface area contributed by atoms with E-state index in [-0.39, 0.29) is 17.6 Å². The minimum Gasteiger partial charge on any atom is -0.417 e. The summed E-state index contributed by atoms with van der Waals surface area (Å²) in [5, 5.41) is 3.96. The van der Waals surface area contributed by atoms with Crippen LogP contribution in [0, 0.1) is 6.92 Å². The number of hydrogen-bond donors (Lipinski definition) is 1. The minimum atomic E-state index is -0.537. The molecule has 1 aliphatic rings. The van der Waals surface area contributed by atoms with Crippen molar-refractivity contribution in [2.45, 2.75) is 26.2 Å². The van der Waals surface area contributed by atoms with E-state index >= 15 is 0 Å². The van der Waals surface area contributed by atoms with Crippen LogP contribution in [-0.2, 0) is 4.79 Å². The zero-order valence-corrected chi connectivity index (χ0v) is 15.9. The third kappa shape index (κ3) is 2.87. The van der Waals surface area contributed by atoms with Gasteiger partial charge in [0.15, 0.2) is 5.76 Å². The van der Waals surface area contributed by atoms with Gasteiger partial charge in [-0.1, -0.05) is 25.1 Å². The summed E-state index contributed by atoms with van der Waals surface area (Å²) in [5.74, 6) is -0.337. The second-order valence-electron chi connectivity index (χ2n) is 7.17. The molecule has 0 radical (unpaired) electrons. The Labute approximate surface area is 161 Å². The van der Waals surface area contributed by atoms with Gasteiger partial charge in [0.25, 0.3) is 5.91 Å². The van der Waals surface area contributed by atoms with Crippen molar-refractivity contribution in [2.75, 3.05) is 17.3 Å². The number of nitrogens with one attached hydrogen (secondary N) is 1. The van der Waals surface area contributed by atoms with Gasteiger partial charge < -0.3 is 14.6 Å². The number of nitrogens with zero attached hydrogens (tertiary/aromatic N) is 1. The SMILES string of the molecule is Cc1c(C(=O)Nc2ccc3c(c2)C(C)CC(=O)N3C)oc(=O)c2ccccc12. The summed E-state index contributed by atoms with van der Waals surface area (Å²) in [7, 11) is 1.75. The van der Waals surface area contributed by atoms with Gasteiger partial charge in [0, 0.05) is 30.4 Å². The molecule has 0 saturated heterocycles. The Morgan fingerprint density at radius 1 is 1.14 bits per heavy atom. The van der Waals surface area contributed by atoms with Crippen molar-refractivity contribution in [3.8, 4) is 0 Å². The molecule has 6 nitrogen and oxygen atoms in total. The van der Waals surface area contributed by atoms with Crippen LogP contribution in [0.1, 0.15) is 40.9 Å². The first-order valence-corrected chi connectivity index (χ1v) is 9.11. The van der Waals surface area contributed by atoms with E-state index in [1.807, 2.05) is 25.1 Å². The van der Waals surface area contributed by atoms with Crippen LogP contribution in [0.5, 0.6) is 0 Å². The molecule has 1 aromatic heterocycles. The summed E-state index contributed by atoms with van der Waals surface area (Å²) in [6.07, 6.45) is 0.430. The van der Waals surface area contributed by atoms with Crippen molar-refractivity contribution in [3.05, 3.63) is 69.8 Å². The number of carbonyl (C=O) groups excluding carboxylic acids is 2. The average Bonchev–Trinajstić information content (AvgIpc) is 2.69. The Morgan fingerprint density at radius 3 is 2.61 bits per heavy atom. The molecule has 1 aliphatic heterocycles. The van der Waals surface area contributed by atoms with Crippen LogP contribution < -0.4 is 15.8 Å². The molecule has 2 amide bonds. The van der Waals surface area contributed by atoms with Crippen molar-refractivity contribution >= 4 is 34.0 Å². The highest BCUT2D eigenvalue weighted by atomic mass is 16.4. The maximum Gasteiger partial charge on any atom is 0.344 e. The fraction of sp³-hybridized carbons (Fsp3) is 0.227. The lowest BCUT2D eigenvalue weighted by molar-refractivity contribution is -0.119. The number of aryl methyl sites for hydroxylation is 1. The Balaban J connectivity index is 1.69. The molecule has 1 N–H and O–H groups in total. The Kier molecular flexibility index (Phi) is 4.26. The van der Waals surface area contributed by atoms with Crippen LogP contribution in [0.3, 0.4) is 0 Å². The number of hydrogen-bond acceptors (Lipinski definition) is 4. The quantitative estimate of drug-likeness (QED) is 0.737. The third-order valence-corrected chi connectivity index (χ3v) is 5.33. The van der Waals surface area contributed by atoms with Gasteiger partial charge in [0.1, 0.15) is 0 Å². The van der Waals surface area contributed by atoms with E-state index in [0.717, 1.165) is 11.3 Å². The summed E-state index contributed by atoms with van der Waals surface area (Å²) in [4.78, 5) is 38.7. The molecule has 4 rings (SSSR count). The van der Waals surface area contributed by atoms with Crippen molar-refractivity contribution in [2.24, 2.45) is 0 Å². The van der Waals surface area contributed by atoms with Gasteiger partial charge in [-0.15, -0.1) is 0 Å². The van der Waals surface area contributed by atoms with Crippen LogP contribution in [0.4, 0.5) is 11.4 Å². The highest BCUT2D eigenvalue weighted by Crippen LogP contribution is 2.36. The minimum absolute atomic E-state index is 0.00163. The van der Waals surface area contributed by atoms with Gasteiger partial charge in [-0.2, -0.15) is 0 Å². The number of rotatable bonds is 2. The van der Waals surface area contributed by atoms with Gasteiger partial charge >= 0.3 is 5.63 Å². The van der Waals surface area contributed by atoms with E-state index in [0.29, 0.717) is 28.4 Å². The summed E-state index contributed by atoms with van der Waals surface area (Å²) in [5.41, 5.74) is 2.51. The lowest BCUT2D eigenvalue weighted by Crippen LogP contribution is -2.32. The Bertz CT molecular complexity index is 1180. The highest BCUT2D eigenvalue weighted by Gasteiger charge is 2.27. The molecule has 1 atom stereocenters.